The van der Waals surface area contributed by atoms with Gasteiger partial charge in [0.15, 0.2) is 11.6 Å². The number of nitrogens with zero attached hydrogens (tertiary/aromatic N) is 5. The SMILES string of the molecule is CCOc1cc(OC)c(F)c(N2Cc3cnc(NCCCCCN(C(C)C)C(C)C)nc3N(CC)C2=O)c1. The average molecular weight is 531 g/mol. The first-order valence-corrected chi connectivity index (χ1v) is 13.7. The van der Waals surface area contributed by atoms with E-state index in [4.69, 9.17) is 9.47 Å². The Hall–Kier alpha value is -3.14. The molecule has 0 spiro atoms. The summed E-state index contributed by atoms with van der Waals surface area (Å²) in [6.45, 7) is 15.4. The van der Waals surface area contributed by atoms with Crippen LogP contribution in [0.3, 0.4) is 0 Å². The van der Waals surface area contributed by atoms with E-state index >= 15 is 4.39 Å². The van der Waals surface area contributed by atoms with Gasteiger partial charge >= 0.3 is 6.03 Å². The van der Waals surface area contributed by atoms with Crippen molar-refractivity contribution < 1.29 is 18.7 Å². The molecule has 0 saturated carbocycles. The molecule has 1 aromatic carbocycles. The number of carbonyl (C=O) groups is 1. The van der Waals surface area contributed by atoms with Gasteiger partial charge in [0.2, 0.25) is 5.95 Å². The van der Waals surface area contributed by atoms with Crippen LogP contribution in [-0.4, -0.2) is 66.3 Å². The van der Waals surface area contributed by atoms with Gasteiger partial charge in [-0.05, 0) is 60.9 Å². The molecule has 0 atom stereocenters. The molecule has 210 valence electrons. The van der Waals surface area contributed by atoms with Gasteiger partial charge in [-0.15, -0.1) is 0 Å². The first-order valence-electron chi connectivity index (χ1n) is 13.7. The molecule has 1 N–H and O–H groups in total. The quantitative estimate of drug-likeness (QED) is 0.314. The third-order valence-corrected chi connectivity index (χ3v) is 6.72. The number of anilines is 3. The number of unbranched alkanes of at least 4 members (excludes halogenated alkanes) is 2. The van der Waals surface area contributed by atoms with E-state index in [-0.39, 0.29) is 24.0 Å². The highest BCUT2D eigenvalue weighted by Gasteiger charge is 2.34. The van der Waals surface area contributed by atoms with Gasteiger partial charge in [0, 0.05) is 49.1 Å². The fourth-order valence-electron chi connectivity index (χ4n) is 4.84. The highest BCUT2D eigenvalue weighted by Crippen LogP contribution is 2.37. The topological polar surface area (TPSA) is 83.1 Å². The second-order valence-corrected chi connectivity index (χ2v) is 9.96. The number of aromatic nitrogens is 2. The predicted octanol–water partition coefficient (Wildman–Crippen LogP) is 5.69. The molecule has 0 saturated heterocycles. The Morgan fingerprint density at radius 1 is 1.13 bits per heavy atom. The maximum Gasteiger partial charge on any atom is 0.330 e. The maximum absolute atomic E-state index is 15.2. The van der Waals surface area contributed by atoms with Crippen molar-refractivity contribution in [3.63, 3.8) is 0 Å². The molecule has 1 aromatic heterocycles. The van der Waals surface area contributed by atoms with Crippen LogP contribution in [0.1, 0.15) is 66.4 Å². The number of halogens is 1. The molecule has 3 rings (SSSR count). The van der Waals surface area contributed by atoms with Gasteiger partial charge in [0.05, 0.1) is 25.9 Å². The lowest BCUT2D eigenvalue weighted by molar-refractivity contribution is 0.171. The highest BCUT2D eigenvalue weighted by molar-refractivity contribution is 6.05. The van der Waals surface area contributed by atoms with Gasteiger partial charge < -0.3 is 14.8 Å². The van der Waals surface area contributed by atoms with Crippen molar-refractivity contribution in [2.24, 2.45) is 0 Å². The zero-order valence-electron chi connectivity index (χ0n) is 23.9. The minimum Gasteiger partial charge on any atom is -0.494 e. The number of ether oxygens (including phenoxy) is 2. The number of urea groups is 1. The molecule has 0 unspecified atom stereocenters. The molecule has 1 aliphatic heterocycles. The van der Waals surface area contributed by atoms with E-state index in [0.717, 1.165) is 37.9 Å². The number of benzene rings is 1. The molecule has 2 heterocycles. The summed E-state index contributed by atoms with van der Waals surface area (Å²) >= 11 is 0. The number of fused-ring (bicyclic) bond motifs is 1. The predicted molar refractivity (Wildman–Crippen MR) is 150 cm³/mol. The minimum absolute atomic E-state index is 0.0181. The number of amides is 2. The van der Waals surface area contributed by atoms with Crippen molar-refractivity contribution >= 4 is 23.5 Å². The summed E-state index contributed by atoms with van der Waals surface area (Å²) in [6, 6.07) is 3.73. The molecule has 10 heteroatoms. The molecular weight excluding hydrogens is 487 g/mol. The van der Waals surface area contributed by atoms with Crippen LogP contribution in [0.15, 0.2) is 18.3 Å². The molecule has 0 radical (unpaired) electrons. The lowest BCUT2D eigenvalue weighted by Gasteiger charge is -2.36. The number of hydrogen-bond acceptors (Lipinski definition) is 7. The second-order valence-electron chi connectivity index (χ2n) is 9.96. The molecule has 1 aliphatic rings. The van der Waals surface area contributed by atoms with E-state index in [1.807, 2.05) is 13.8 Å². The van der Waals surface area contributed by atoms with Crippen molar-refractivity contribution in [2.75, 3.05) is 48.5 Å². The molecule has 9 nitrogen and oxygen atoms in total. The largest absolute Gasteiger partial charge is 0.494 e. The molecule has 0 aliphatic carbocycles. The first kappa shape index (κ1) is 29.4. The zero-order chi connectivity index (χ0) is 27.8. The van der Waals surface area contributed by atoms with E-state index < -0.39 is 5.82 Å². The maximum atomic E-state index is 15.2. The van der Waals surface area contributed by atoms with E-state index in [1.165, 1.54) is 29.0 Å². The Kier molecular flexibility index (Phi) is 10.5. The number of nitrogens with one attached hydrogen (secondary N) is 1. The van der Waals surface area contributed by atoms with Gasteiger partial charge in [-0.3, -0.25) is 14.7 Å². The van der Waals surface area contributed by atoms with Crippen molar-refractivity contribution in [3.8, 4) is 11.5 Å². The lowest BCUT2D eigenvalue weighted by atomic mass is 10.1. The summed E-state index contributed by atoms with van der Waals surface area (Å²) in [7, 11) is 1.39. The van der Waals surface area contributed by atoms with Gasteiger partial charge in [0.1, 0.15) is 11.6 Å². The fraction of sp³-hybridized carbons (Fsp3) is 0.607. The molecular formula is C28H43FN6O3. The van der Waals surface area contributed by atoms with E-state index in [0.29, 0.717) is 42.8 Å². The Morgan fingerprint density at radius 3 is 2.50 bits per heavy atom. The van der Waals surface area contributed by atoms with Crippen LogP contribution in [0, 0.1) is 5.82 Å². The van der Waals surface area contributed by atoms with Crippen LogP contribution in [-0.2, 0) is 6.54 Å². The highest BCUT2D eigenvalue weighted by atomic mass is 19.1. The van der Waals surface area contributed by atoms with Gasteiger partial charge in [-0.2, -0.15) is 4.98 Å². The van der Waals surface area contributed by atoms with E-state index in [1.54, 1.807) is 6.20 Å². The standard InChI is InChI=1S/C28H43FN6O3/c1-8-33-26-21(17-31-27(32-26)30-13-11-10-12-14-34(19(3)4)20(5)6)18-35(28(33)36)23-15-22(38-9-2)16-24(37-7)25(23)29/h15-17,19-20H,8-14,18H2,1-7H3,(H,30,31,32). The van der Waals surface area contributed by atoms with Crippen LogP contribution in [0.5, 0.6) is 11.5 Å². The van der Waals surface area contributed by atoms with Crippen LogP contribution >= 0.6 is 0 Å². The normalized spacial score (nSPS) is 13.5. The van der Waals surface area contributed by atoms with E-state index in [9.17, 15) is 4.79 Å². The first-order chi connectivity index (χ1) is 18.2. The molecule has 0 bridgehead atoms. The fourth-order valence-corrected chi connectivity index (χ4v) is 4.84. The van der Waals surface area contributed by atoms with Crippen molar-refractivity contribution in [1.29, 1.82) is 0 Å². The summed E-state index contributed by atoms with van der Waals surface area (Å²) in [6.07, 6.45) is 4.96. The lowest BCUT2D eigenvalue weighted by Crippen LogP contribution is -2.48. The third-order valence-electron chi connectivity index (χ3n) is 6.72. The smallest absolute Gasteiger partial charge is 0.330 e. The van der Waals surface area contributed by atoms with Crippen molar-refractivity contribution in [2.45, 2.75) is 79.4 Å². The number of carbonyl (C=O) groups excluding carboxylic acids is 1. The van der Waals surface area contributed by atoms with Gasteiger partial charge in [-0.25, -0.2) is 14.2 Å². The van der Waals surface area contributed by atoms with Crippen LogP contribution in [0.25, 0.3) is 0 Å². The molecule has 2 aromatic rings. The molecule has 38 heavy (non-hydrogen) atoms. The number of methoxy groups -OCH3 is 1. The van der Waals surface area contributed by atoms with Gasteiger partial charge in [-0.1, -0.05) is 6.42 Å². The summed E-state index contributed by atoms with van der Waals surface area (Å²) < 4.78 is 26.0. The Labute approximate surface area is 226 Å². The average Bonchev–Trinajstić information content (AvgIpc) is 2.88. The molecule has 0 fully saturated rings. The van der Waals surface area contributed by atoms with Crippen molar-refractivity contribution in [3.05, 3.63) is 29.7 Å². The van der Waals surface area contributed by atoms with Crippen LogP contribution < -0.4 is 24.6 Å². The van der Waals surface area contributed by atoms with Crippen molar-refractivity contribution in [1.82, 2.24) is 14.9 Å². The summed E-state index contributed by atoms with van der Waals surface area (Å²) in [4.78, 5) is 28.0. The minimum atomic E-state index is -0.618. The third kappa shape index (κ3) is 6.83. The Balaban J connectivity index is 1.69. The molecule has 2 amide bonds. The monoisotopic (exact) mass is 530 g/mol. The Bertz CT molecular complexity index is 1070. The number of hydrogen-bond donors (Lipinski definition) is 1. The number of rotatable bonds is 14. The second kappa shape index (κ2) is 13.6. The van der Waals surface area contributed by atoms with Crippen LogP contribution in [0.2, 0.25) is 0 Å². The summed E-state index contributed by atoms with van der Waals surface area (Å²) in [5.74, 6) is 0.862. The van der Waals surface area contributed by atoms with Crippen LogP contribution in [0.4, 0.5) is 26.6 Å². The van der Waals surface area contributed by atoms with E-state index in [2.05, 4.69) is 47.9 Å². The van der Waals surface area contributed by atoms with Gasteiger partial charge in [0.25, 0.3) is 0 Å². The Morgan fingerprint density at radius 2 is 1.87 bits per heavy atom. The zero-order valence-corrected chi connectivity index (χ0v) is 23.9. The summed E-state index contributed by atoms with van der Waals surface area (Å²) in [5.41, 5.74) is 0.831. The summed E-state index contributed by atoms with van der Waals surface area (Å²) in [5, 5.41) is 3.30.